The molecule has 0 spiro atoms. The van der Waals surface area contributed by atoms with Crippen LogP contribution in [0, 0.1) is 0 Å². The third-order valence-corrected chi connectivity index (χ3v) is 2.78. The SMILES string of the molecule is CC.CC.Oc1ccc(C(c2ccc(O)cc2)C(F)(F)F)cc1. The first-order chi connectivity index (χ1) is 10.9. The molecule has 128 valence electrons. The van der Waals surface area contributed by atoms with Gasteiger partial charge in [0.2, 0.25) is 0 Å². The molecule has 0 saturated heterocycles. The molecule has 0 aromatic heterocycles. The molecule has 0 bridgehead atoms. The molecule has 23 heavy (non-hydrogen) atoms. The molecule has 2 N–H and O–H groups in total. The smallest absolute Gasteiger partial charge is 0.399 e. The minimum absolute atomic E-state index is 0.0380. The lowest BCUT2D eigenvalue weighted by Gasteiger charge is -2.21. The molecule has 0 atom stereocenters. The summed E-state index contributed by atoms with van der Waals surface area (Å²) in [5, 5.41) is 18.3. The Morgan fingerprint density at radius 1 is 0.652 bits per heavy atom. The van der Waals surface area contributed by atoms with E-state index in [-0.39, 0.29) is 22.6 Å². The minimum Gasteiger partial charge on any atom is -0.508 e. The van der Waals surface area contributed by atoms with Gasteiger partial charge in [-0.3, -0.25) is 0 Å². The van der Waals surface area contributed by atoms with Crippen molar-refractivity contribution in [2.75, 3.05) is 0 Å². The Hall–Kier alpha value is -2.17. The molecule has 2 aromatic carbocycles. The molecule has 0 radical (unpaired) electrons. The number of rotatable bonds is 2. The Labute approximate surface area is 135 Å². The molecule has 0 amide bonds. The van der Waals surface area contributed by atoms with Gasteiger partial charge in [0.25, 0.3) is 0 Å². The molecular formula is C18H23F3O2. The monoisotopic (exact) mass is 328 g/mol. The highest BCUT2D eigenvalue weighted by Gasteiger charge is 2.41. The maximum absolute atomic E-state index is 13.2. The average Bonchev–Trinajstić information content (AvgIpc) is 2.54. The van der Waals surface area contributed by atoms with E-state index in [4.69, 9.17) is 10.2 Å². The lowest BCUT2D eigenvalue weighted by Crippen LogP contribution is -2.21. The fraction of sp³-hybridized carbons (Fsp3) is 0.333. The lowest BCUT2D eigenvalue weighted by molar-refractivity contribution is -0.141. The number of halogens is 3. The topological polar surface area (TPSA) is 40.5 Å². The number of phenols is 2. The zero-order valence-electron chi connectivity index (χ0n) is 13.7. The Kier molecular flexibility index (Phi) is 8.85. The van der Waals surface area contributed by atoms with E-state index in [0.29, 0.717) is 0 Å². The van der Waals surface area contributed by atoms with Gasteiger partial charge in [0.05, 0.1) is 0 Å². The van der Waals surface area contributed by atoms with Crippen LogP contribution in [-0.4, -0.2) is 16.4 Å². The van der Waals surface area contributed by atoms with E-state index in [1.54, 1.807) is 0 Å². The number of alkyl halides is 3. The van der Waals surface area contributed by atoms with Crippen molar-refractivity contribution in [1.29, 1.82) is 0 Å². The second-order valence-corrected chi connectivity index (χ2v) is 4.16. The van der Waals surface area contributed by atoms with Crippen LogP contribution in [0.3, 0.4) is 0 Å². The van der Waals surface area contributed by atoms with E-state index in [0.717, 1.165) is 0 Å². The summed E-state index contributed by atoms with van der Waals surface area (Å²) in [5.74, 6) is -1.96. The van der Waals surface area contributed by atoms with Crippen molar-refractivity contribution in [3.8, 4) is 11.5 Å². The first kappa shape index (κ1) is 20.8. The van der Waals surface area contributed by atoms with Gasteiger partial charge in [0.1, 0.15) is 17.4 Å². The van der Waals surface area contributed by atoms with Crippen LogP contribution in [0.5, 0.6) is 11.5 Å². The summed E-state index contributed by atoms with van der Waals surface area (Å²) in [4.78, 5) is 0. The predicted molar refractivity (Wildman–Crippen MR) is 86.8 cm³/mol. The van der Waals surface area contributed by atoms with E-state index in [1.165, 1.54) is 48.5 Å². The molecule has 0 aliphatic carbocycles. The van der Waals surface area contributed by atoms with Crippen molar-refractivity contribution < 1.29 is 23.4 Å². The fourth-order valence-electron chi connectivity index (χ4n) is 1.90. The third-order valence-electron chi connectivity index (χ3n) is 2.78. The minimum atomic E-state index is -4.45. The van der Waals surface area contributed by atoms with Crippen molar-refractivity contribution in [3.05, 3.63) is 59.7 Å². The van der Waals surface area contributed by atoms with Gasteiger partial charge in [-0.25, -0.2) is 0 Å². The Morgan fingerprint density at radius 2 is 0.913 bits per heavy atom. The van der Waals surface area contributed by atoms with Gasteiger partial charge in [-0.15, -0.1) is 0 Å². The van der Waals surface area contributed by atoms with Crippen LogP contribution >= 0.6 is 0 Å². The summed E-state index contributed by atoms with van der Waals surface area (Å²) < 4.78 is 39.5. The maximum Gasteiger partial charge on any atom is 0.399 e. The van der Waals surface area contributed by atoms with Gasteiger partial charge in [-0.2, -0.15) is 13.2 Å². The number of hydrogen-bond donors (Lipinski definition) is 2. The Bertz CT molecular complexity index is 500. The first-order valence-corrected chi connectivity index (χ1v) is 7.52. The molecule has 0 aliphatic heterocycles. The number of phenolic OH excluding ortho intramolecular Hbond substituents is 2. The highest BCUT2D eigenvalue weighted by Crippen LogP contribution is 2.40. The molecule has 2 nitrogen and oxygen atoms in total. The molecule has 0 unspecified atom stereocenters. The zero-order valence-corrected chi connectivity index (χ0v) is 13.7. The van der Waals surface area contributed by atoms with Crippen molar-refractivity contribution in [2.45, 2.75) is 39.8 Å². The molecule has 0 heterocycles. The number of hydrogen-bond acceptors (Lipinski definition) is 2. The summed E-state index contributed by atoms with van der Waals surface area (Å²) in [6, 6.07) is 9.81. The second kappa shape index (κ2) is 9.77. The van der Waals surface area contributed by atoms with E-state index in [9.17, 15) is 13.2 Å². The normalized spacial score (nSPS) is 10.3. The van der Waals surface area contributed by atoms with Gasteiger partial charge >= 0.3 is 6.18 Å². The van der Waals surface area contributed by atoms with Crippen molar-refractivity contribution in [3.63, 3.8) is 0 Å². The van der Waals surface area contributed by atoms with Crippen LogP contribution in [0.25, 0.3) is 0 Å². The van der Waals surface area contributed by atoms with E-state index < -0.39 is 12.1 Å². The van der Waals surface area contributed by atoms with Crippen molar-refractivity contribution in [1.82, 2.24) is 0 Å². The summed E-state index contributed by atoms with van der Waals surface area (Å²) in [5.41, 5.74) is 0.0759. The summed E-state index contributed by atoms with van der Waals surface area (Å²) in [7, 11) is 0. The molecular weight excluding hydrogens is 305 g/mol. The van der Waals surface area contributed by atoms with Gasteiger partial charge in [-0.05, 0) is 35.4 Å². The lowest BCUT2D eigenvalue weighted by atomic mass is 9.90. The van der Waals surface area contributed by atoms with Crippen LogP contribution in [0.2, 0.25) is 0 Å². The molecule has 2 aromatic rings. The van der Waals surface area contributed by atoms with Crippen LogP contribution in [0.15, 0.2) is 48.5 Å². The van der Waals surface area contributed by atoms with Crippen LogP contribution in [0.1, 0.15) is 44.7 Å². The van der Waals surface area contributed by atoms with E-state index in [1.807, 2.05) is 27.7 Å². The highest BCUT2D eigenvalue weighted by atomic mass is 19.4. The summed E-state index contributed by atoms with van der Waals surface area (Å²) in [6.07, 6.45) is -4.45. The molecule has 0 saturated carbocycles. The van der Waals surface area contributed by atoms with Crippen molar-refractivity contribution in [2.24, 2.45) is 0 Å². The van der Waals surface area contributed by atoms with Gasteiger partial charge in [0.15, 0.2) is 0 Å². The second-order valence-electron chi connectivity index (χ2n) is 4.16. The first-order valence-electron chi connectivity index (χ1n) is 7.52. The van der Waals surface area contributed by atoms with E-state index in [2.05, 4.69) is 0 Å². The summed E-state index contributed by atoms with van der Waals surface area (Å²) in [6.45, 7) is 8.00. The summed E-state index contributed by atoms with van der Waals surface area (Å²) >= 11 is 0. The van der Waals surface area contributed by atoms with Crippen LogP contribution < -0.4 is 0 Å². The molecule has 0 aliphatic rings. The van der Waals surface area contributed by atoms with Crippen LogP contribution in [-0.2, 0) is 0 Å². The quantitative estimate of drug-likeness (QED) is 0.726. The largest absolute Gasteiger partial charge is 0.508 e. The van der Waals surface area contributed by atoms with Gasteiger partial charge in [-0.1, -0.05) is 52.0 Å². The molecule has 0 fully saturated rings. The van der Waals surface area contributed by atoms with Crippen LogP contribution in [0.4, 0.5) is 13.2 Å². The highest BCUT2D eigenvalue weighted by molar-refractivity contribution is 5.38. The fourth-order valence-corrected chi connectivity index (χ4v) is 1.90. The number of benzene rings is 2. The third kappa shape index (κ3) is 6.22. The average molecular weight is 328 g/mol. The standard InChI is InChI=1S/C14H11F3O2.2C2H6/c15-14(16,17)13(9-1-5-11(18)6-2-9)10-3-7-12(19)8-4-10;2*1-2/h1-8,13,18-19H;2*1-2H3. The van der Waals surface area contributed by atoms with Crippen molar-refractivity contribution >= 4 is 0 Å². The predicted octanol–water partition coefficient (Wildman–Crippen LogP) is 5.84. The molecule has 5 heteroatoms. The van der Waals surface area contributed by atoms with E-state index >= 15 is 0 Å². The van der Waals surface area contributed by atoms with Gasteiger partial charge in [0, 0.05) is 0 Å². The molecule has 2 rings (SSSR count). The Morgan fingerprint density at radius 3 is 1.13 bits per heavy atom. The van der Waals surface area contributed by atoms with Gasteiger partial charge < -0.3 is 10.2 Å². The number of aromatic hydroxyl groups is 2. The zero-order chi connectivity index (χ0) is 18.0. The Balaban J connectivity index is 0.00000112. The maximum atomic E-state index is 13.2.